The van der Waals surface area contributed by atoms with E-state index in [1.165, 1.54) is 0 Å². The highest BCUT2D eigenvalue weighted by atomic mass is 15.0. The summed E-state index contributed by atoms with van der Waals surface area (Å²) in [6.07, 6.45) is 11.5. The average Bonchev–Trinajstić information content (AvgIpc) is 2.05. The van der Waals surface area contributed by atoms with Crippen LogP contribution in [0, 0.1) is 5.92 Å². The van der Waals surface area contributed by atoms with Crippen molar-refractivity contribution >= 4 is 0 Å². The van der Waals surface area contributed by atoms with Gasteiger partial charge in [-0.05, 0) is 25.5 Å². The van der Waals surface area contributed by atoms with Gasteiger partial charge in [-0.2, -0.15) is 0 Å². The molecule has 0 heterocycles. The summed E-state index contributed by atoms with van der Waals surface area (Å²) < 4.78 is 0. The van der Waals surface area contributed by atoms with E-state index in [1.54, 1.807) is 0 Å². The molecular weight excluding hydrogens is 146 g/mol. The molecule has 0 aliphatic rings. The minimum Gasteiger partial charge on any atom is -0.384 e. The van der Waals surface area contributed by atoms with Gasteiger partial charge in [-0.25, -0.2) is 0 Å². The molecule has 0 aromatic rings. The van der Waals surface area contributed by atoms with Crippen molar-refractivity contribution in [1.82, 2.24) is 4.90 Å². The largest absolute Gasteiger partial charge is 0.384 e. The Bertz CT molecular complexity index is 166. The van der Waals surface area contributed by atoms with Crippen molar-refractivity contribution in [3.8, 4) is 0 Å². The van der Waals surface area contributed by atoms with Crippen LogP contribution in [0.15, 0.2) is 37.1 Å². The summed E-state index contributed by atoms with van der Waals surface area (Å²) in [5, 5.41) is 0. The average molecular weight is 165 g/mol. The maximum atomic E-state index is 3.79. The van der Waals surface area contributed by atoms with E-state index in [1.807, 2.05) is 32.0 Å². The topological polar surface area (TPSA) is 3.24 Å². The summed E-state index contributed by atoms with van der Waals surface area (Å²) in [7, 11) is 4.04. The second kappa shape index (κ2) is 6.71. The first-order valence-corrected chi connectivity index (χ1v) is 4.29. The van der Waals surface area contributed by atoms with Gasteiger partial charge in [0.2, 0.25) is 0 Å². The summed E-state index contributed by atoms with van der Waals surface area (Å²) >= 11 is 0. The zero-order valence-electron chi connectivity index (χ0n) is 8.33. The predicted molar refractivity (Wildman–Crippen MR) is 55.9 cm³/mol. The number of allylic oxidation sites excluding steroid dienone is 4. The zero-order chi connectivity index (χ0) is 9.40. The molecule has 68 valence electrons. The van der Waals surface area contributed by atoms with E-state index >= 15 is 0 Å². The van der Waals surface area contributed by atoms with Crippen LogP contribution in [0.4, 0.5) is 0 Å². The van der Waals surface area contributed by atoms with Gasteiger partial charge in [-0.3, -0.25) is 0 Å². The first-order chi connectivity index (χ1) is 5.70. The highest BCUT2D eigenvalue weighted by molar-refractivity contribution is 5.00. The summed E-state index contributed by atoms with van der Waals surface area (Å²) in [5.41, 5.74) is 0. The van der Waals surface area contributed by atoms with E-state index in [9.17, 15) is 0 Å². The summed E-state index contributed by atoms with van der Waals surface area (Å²) in [6.45, 7) is 5.83. The van der Waals surface area contributed by atoms with Crippen molar-refractivity contribution in [2.75, 3.05) is 14.1 Å². The standard InChI is InChI=1S/C11H19N/c1-5-7-8-11(6-2)9-10-12(3)4/h5-7,9-11H,2,8H2,1,3-4H3/b7-5-,10-9+. The Kier molecular flexibility index (Phi) is 6.16. The molecule has 12 heavy (non-hydrogen) atoms. The molecule has 0 aromatic carbocycles. The second-order valence-corrected chi connectivity index (χ2v) is 3.01. The van der Waals surface area contributed by atoms with E-state index < -0.39 is 0 Å². The maximum absolute atomic E-state index is 3.79. The van der Waals surface area contributed by atoms with Crippen LogP contribution in [0.5, 0.6) is 0 Å². The Labute approximate surface area is 76.1 Å². The molecule has 0 spiro atoms. The van der Waals surface area contributed by atoms with E-state index in [-0.39, 0.29) is 0 Å². The lowest BCUT2D eigenvalue weighted by Crippen LogP contribution is -2.01. The van der Waals surface area contributed by atoms with Crippen molar-refractivity contribution < 1.29 is 0 Å². The van der Waals surface area contributed by atoms with E-state index in [4.69, 9.17) is 0 Å². The van der Waals surface area contributed by atoms with Crippen LogP contribution in [0.3, 0.4) is 0 Å². The summed E-state index contributed by atoms with van der Waals surface area (Å²) in [6, 6.07) is 0. The van der Waals surface area contributed by atoms with E-state index in [2.05, 4.69) is 31.0 Å². The molecule has 1 nitrogen and oxygen atoms in total. The molecule has 0 amide bonds. The third-order valence-electron chi connectivity index (χ3n) is 1.58. The van der Waals surface area contributed by atoms with Gasteiger partial charge in [0, 0.05) is 14.1 Å². The Hall–Kier alpha value is -0.980. The van der Waals surface area contributed by atoms with Gasteiger partial charge in [0.15, 0.2) is 0 Å². The first kappa shape index (κ1) is 11.0. The third kappa shape index (κ3) is 5.78. The van der Waals surface area contributed by atoms with Gasteiger partial charge in [-0.15, -0.1) is 6.58 Å². The number of rotatable bonds is 5. The smallest absolute Gasteiger partial charge is 0.00555 e. The van der Waals surface area contributed by atoms with Gasteiger partial charge < -0.3 is 4.90 Å². The molecule has 0 bridgehead atoms. The SMILES string of the molecule is C=CC(/C=C/N(C)C)C/C=C\C. The predicted octanol–water partition coefficient (Wildman–Crippen LogP) is 2.83. The van der Waals surface area contributed by atoms with Crippen molar-refractivity contribution in [1.29, 1.82) is 0 Å². The Morgan fingerprint density at radius 2 is 2.08 bits per heavy atom. The van der Waals surface area contributed by atoms with Crippen LogP contribution >= 0.6 is 0 Å². The van der Waals surface area contributed by atoms with Crippen LogP contribution in [-0.2, 0) is 0 Å². The number of hydrogen-bond acceptors (Lipinski definition) is 1. The molecule has 1 unspecified atom stereocenters. The highest BCUT2D eigenvalue weighted by Gasteiger charge is 1.94. The Balaban J connectivity index is 3.90. The molecular formula is C11H19N. The second-order valence-electron chi connectivity index (χ2n) is 3.01. The maximum Gasteiger partial charge on any atom is 0.00555 e. The van der Waals surface area contributed by atoms with Crippen LogP contribution < -0.4 is 0 Å². The minimum absolute atomic E-state index is 0.462. The fourth-order valence-corrected chi connectivity index (χ4v) is 0.829. The third-order valence-corrected chi connectivity index (χ3v) is 1.58. The van der Waals surface area contributed by atoms with E-state index in [0.29, 0.717) is 5.92 Å². The molecule has 1 atom stereocenters. The van der Waals surface area contributed by atoms with Crippen molar-refractivity contribution in [2.45, 2.75) is 13.3 Å². The molecule has 0 aliphatic carbocycles. The molecule has 0 aliphatic heterocycles. The molecule has 0 radical (unpaired) electrons. The van der Waals surface area contributed by atoms with Crippen LogP contribution in [-0.4, -0.2) is 19.0 Å². The van der Waals surface area contributed by atoms with Crippen LogP contribution in [0.1, 0.15) is 13.3 Å². The highest BCUT2D eigenvalue weighted by Crippen LogP contribution is 2.07. The minimum atomic E-state index is 0.462. The monoisotopic (exact) mass is 165 g/mol. The lowest BCUT2D eigenvalue weighted by Gasteiger charge is -2.07. The number of hydrogen-bond donors (Lipinski definition) is 0. The molecule has 0 saturated carbocycles. The van der Waals surface area contributed by atoms with Crippen LogP contribution in [0.2, 0.25) is 0 Å². The van der Waals surface area contributed by atoms with Gasteiger partial charge in [0.1, 0.15) is 0 Å². The molecule has 0 N–H and O–H groups in total. The quantitative estimate of drug-likeness (QED) is 0.566. The van der Waals surface area contributed by atoms with Gasteiger partial charge in [-0.1, -0.05) is 24.3 Å². The normalized spacial score (nSPS) is 13.9. The molecule has 0 fully saturated rings. The van der Waals surface area contributed by atoms with Crippen molar-refractivity contribution in [3.05, 3.63) is 37.1 Å². The van der Waals surface area contributed by atoms with E-state index in [0.717, 1.165) is 6.42 Å². The summed E-state index contributed by atoms with van der Waals surface area (Å²) in [4.78, 5) is 2.03. The summed E-state index contributed by atoms with van der Waals surface area (Å²) in [5.74, 6) is 0.462. The van der Waals surface area contributed by atoms with Gasteiger partial charge in [0.05, 0.1) is 0 Å². The lowest BCUT2D eigenvalue weighted by atomic mass is 10.1. The fourth-order valence-electron chi connectivity index (χ4n) is 0.829. The Morgan fingerprint density at radius 3 is 2.50 bits per heavy atom. The number of nitrogens with zero attached hydrogens (tertiary/aromatic N) is 1. The zero-order valence-corrected chi connectivity index (χ0v) is 8.33. The van der Waals surface area contributed by atoms with Crippen molar-refractivity contribution in [3.63, 3.8) is 0 Å². The van der Waals surface area contributed by atoms with Crippen molar-refractivity contribution in [2.24, 2.45) is 5.92 Å². The molecule has 0 rings (SSSR count). The fraction of sp³-hybridized carbons (Fsp3) is 0.455. The molecule has 1 heteroatoms. The Morgan fingerprint density at radius 1 is 1.42 bits per heavy atom. The van der Waals surface area contributed by atoms with Gasteiger partial charge >= 0.3 is 0 Å². The van der Waals surface area contributed by atoms with Gasteiger partial charge in [0.25, 0.3) is 0 Å². The molecule has 0 saturated heterocycles. The first-order valence-electron chi connectivity index (χ1n) is 4.29. The van der Waals surface area contributed by atoms with Crippen LogP contribution in [0.25, 0.3) is 0 Å². The lowest BCUT2D eigenvalue weighted by molar-refractivity contribution is 0.557. The molecule has 0 aromatic heterocycles.